The summed E-state index contributed by atoms with van der Waals surface area (Å²) in [5.41, 5.74) is 0.380. The van der Waals surface area contributed by atoms with Crippen molar-refractivity contribution in [2.45, 2.75) is 110 Å². The van der Waals surface area contributed by atoms with Gasteiger partial charge in [0, 0.05) is 30.3 Å². The van der Waals surface area contributed by atoms with Crippen molar-refractivity contribution in [2.75, 3.05) is 11.4 Å². The van der Waals surface area contributed by atoms with Gasteiger partial charge in [0.1, 0.15) is 22.2 Å². The predicted octanol–water partition coefficient (Wildman–Crippen LogP) is 6.43. The highest BCUT2D eigenvalue weighted by Gasteiger charge is 2.45. The molecule has 2 bridgehead atoms. The summed E-state index contributed by atoms with van der Waals surface area (Å²) in [4.78, 5) is 34.5. The standard InChI is InChI=1S/C27H40ClN5O4/c1-16(2)20-14-29-33-22(13-21(28)30-23(20)33)31(24(34)36-26(3,4)5)15-17-11-18-9-10-19(12-17)32(18)25(35)37-27(6,7)8/h13-14,16-19H,9-12,15H2,1-8H3/t17?,18-,19+. The minimum absolute atomic E-state index is 0.0948. The van der Waals surface area contributed by atoms with E-state index < -0.39 is 17.3 Å². The number of hydrogen-bond donors (Lipinski definition) is 0. The van der Waals surface area contributed by atoms with Gasteiger partial charge in [0.15, 0.2) is 5.65 Å². The molecule has 2 saturated heterocycles. The number of rotatable bonds is 4. The quantitative estimate of drug-likeness (QED) is 0.421. The van der Waals surface area contributed by atoms with E-state index in [0.29, 0.717) is 23.2 Å². The molecule has 0 N–H and O–H groups in total. The lowest BCUT2D eigenvalue weighted by Gasteiger charge is -2.40. The summed E-state index contributed by atoms with van der Waals surface area (Å²) < 4.78 is 13.2. The fraction of sp³-hybridized carbons (Fsp3) is 0.704. The van der Waals surface area contributed by atoms with Gasteiger partial charge in [0.05, 0.1) is 6.20 Å². The highest BCUT2D eigenvalue weighted by Crippen LogP contribution is 2.40. The molecule has 2 aliphatic rings. The van der Waals surface area contributed by atoms with E-state index in [1.807, 2.05) is 46.4 Å². The van der Waals surface area contributed by atoms with Crippen LogP contribution in [0, 0.1) is 5.92 Å². The predicted molar refractivity (Wildman–Crippen MR) is 143 cm³/mol. The van der Waals surface area contributed by atoms with Crippen molar-refractivity contribution in [1.29, 1.82) is 0 Å². The van der Waals surface area contributed by atoms with Gasteiger partial charge in [-0.25, -0.2) is 14.6 Å². The third kappa shape index (κ3) is 6.13. The number of aromatic nitrogens is 3. The molecule has 10 heteroatoms. The number of amides is 2. The van der Waals surface area contributed by atoms with E-state index in [4.69, 9.17) is 21.1 Å². The maximum Gasteiger partial charge on any atom is 0.416 e. The molecule has 2 fully saturated rings. The van der Waals surface area contributed by atoms with Crippen LogP contribution in [0.3, 0.4) is 0 Å². The number of piperidine rings is 1. The first-order chi connectivity index (χ1) is 17.1. The van der Waals surface area contributed by atoms with Crippen LogP contribution in [0.2, 0.25) is 5.15 Å². The van der Waals surface area contributed by atoms with Crippen LogP contribution < -0.4 is 4.90 Å². The van der Waals surface area contributed by atoms with E-state index in [9.17, 15) is 9.59 Å². The Morgan fingerprint density at radius 1 is 1.08 bits per heavy atom. The summed E-state index contributed by atoms with van der Waals surface area (Å²) in [6.07, 6.45) is 4.52. The number of carbonyl (C=O) groups excluding carboxylic acids is 2. The summed E-state index contributed by atoms with van der Waals surface area (Å²) >= 11 is 6.46. The Kier molecular flexibility index (Phi) is 7.40. The molecule has 204 valence electrons. The number of nitrogens with zero attached hydrogens (tertiary/aromatic N) is 5. The second-order valence-corrected chi connectivity index (χ2v) is 13.0. The van der Waals surface area contributed by atoms with Gasteiger partial charge in [-0.05, 0) is 79.1 Å². The molecule has 0 aromatic carbocycles. The molecule has 0 saturated carbocycles. The van der Waals surface area contributed by atoms with E-state index in [-0.39, 0.29) is 30.0 Å². The van der Waals surface area contributed by atoms with Gasteiger partial charge >= 0.3 is 12.2 Å². The maximum absolute atomic E-state index is 13.6. The Hall–Kier alpha value is -2.55. The molecule has 4 rings (SSSR count). The second-order valence-electron chi connectivity index (χ2n) is 12.6. The molecular weight excluding hydrogens is 494 g/mol. The molecule has 0 spiro atoms. The number of ether oxygens (including phenoxy) is 2. The minimum Gasteiger partial charge on any atom is -0.444 e. The summed E-state index contributed by atoms with van der Waals surface area (Å²) in [5, 5.41) is 4.85. The summed E-state index contributed by atoms with van der Waals surface area (Å²) in [6, 6.07) is 1.86. The van der Waals surface area contributed by atoms with E-state index in [2.05, 4.69) is 23.9 Å². The molecule has 4 heterocycles. The average molecular weight is 534 g/mol. The first-order valence-electron chi connectivity index (χ1n) is 13.2. The Bertz CT molecular complexity index is 1150. The molecular formula is C27H40ClN5O4. The first-order valence-corrected chi connectivity index (χ1v) is 13.6. The van der Waals surface area contributed by atoms with Gasteiger partial charge in [-0.1, -0.05) is 25.4 Å². The van der Waals surface area contributed by atoms with Crippen LogP contribution in [0.1, 0.15) is 92.6 Å². The topological polar surface area (TPSA) is 89.3 Å². The molecule has 2 aliphatic heterocycles. The second kappa shape index (κ2) is 9.97. The molecule has 2 aromatic rings. The molecule has 0 radical (unpaired) electrons. The Morgan fingerprint density at radius 2 is 1.68 bits per heavy atom. The highest BCUT2D eigenvalue weighted by atomic mass is 35.5. The molecule has 1 unspecified atom stereocenters. The van der Waals surface area contributed by atoms with Crippen LogP contribution in [-0.2, 0) is 9.47 Å². The monoisotopic (exact) mass is 533 g/mol. The first kappa shape index (κ1) is 27.5. The van der Waals surface area contributed by atoms with Crippen LogP contribution >= 0.6 is 11.6 Å². The van der Waals surface area contributed by atoms with Crippen LogP contribution in [0.15, 0.2) is 12.3 Å². The zero-order chi connectivity index (χ0) is 27.3. The van der Waals surface area contributed by atoms with Crippen molar-refractivity contribution < 1.29 is 19.1 Å². The van der Waals surface area contributed by atoms with Crippen LogP contribution in [-0.4, -0.2) is 61.5 Å². The van der Waals surface area contributed by atoms with Gasteiger partial charge in [-0.2, -0.15) is 9.61 Å². The number of halogens is 1. The van der Waals surface area contributed by atoms with Gasteiger partial charge in [0.25, 0.3) is 0 Å². The van der Waals surface area contributed by atoms with Gasteiger partial charge in [-0.15, -0.1) is 0 Å². The lowest BCUT2D eigenvalue weighted by Crippen LogP contribution is -2.51. The van der Waals surface area contributed by atoms with Crippen molar-refractivity contribution in [2.24, 2.45) is 5.92 Å². The molecule has 2 aromatic heterocycles. The Balaban J connectivity index is 1.64. The van der Waals surface area contributed by atoms with Gasteiger partial charge in [-0.3, -0.25) is 4.90 Å². The van der Waals surface area contributed by atoms with Crippen molar-refractivity contribution in [3.63, 3.8) is 0 Å². The Labute approximate surface area is 224 Å². The van der Waals surface area contributed by atoms with Crippen molar-refractivity contribution in [3.05, 3.63) is 23.0 Å². The normalized spacial score (nSPS) is 22.0. The Morgan fingerprint density at radius 3 is 2.22 bits per heavy atom. The average Bonchev–Trinajstić information content (AvgIpc) is 3.27. The summed E-state index contributed by atoms with van der Waals surface area (Å²) in [7, 11) is 0. The van der Waals surface area contributed by atoms with E-state index >= 15 is 0 Å². The molecule has 0 aliphatic carbocycles. The third-order valence-electron chi connectivity index (χ3n) is 6.84. The third-order valence-corrected chi connectivity index (χ3v) is 7.03. The fourth-order valence-corrected chi connectivity index (χ4v) is 5.60. The zero-order valence-corrected chi connectivity index (χ0v) is 24.0. The van der Waals surface area contributed by atoms with Crippen LogP contribution in [0.25, 0.3) is 5.65 Å². The smallest absolute Gasteiger partial charge is 0.416 e. The van der Waals surface area contributed by atoms with E-state index in [1.165, 1.54) is 0 Å². The van der Waals surface area contributed by atoms with Crippen molar-refractivity contribution in [3.8, 4) is 0 Å². The largest absolute Gasteiger partial charge is 0.444 e. The maximum atomic E-state index is 13.6. The van der Waals surface area contributed by atoms with Crippen molar-refractivity contribution >= 4 is 35.3 Å². The van der Waals surface area contributed by atoms with Crippen LogP contribution in [0.4, 0.5) is 15.4 Å². The minimum atomic E-state index is -0.669. The number of carbonyl (C=O) groups is 2. The summed E-state index contributed by atoms with van der Waals surface area (Å²) in [6.45, 7) is 15.8. The molecule has 9 nitrogen and oxygen atoms in total. The molecule has 2 amide bonds. The highest BCUT2D eigenvalue weighted by molar-refractivity contribution is 6.29. The fourth-order valence-electron chi connectivity index (χ4n) is 5.42. The SMILES string of the molecule is CC(C)c1cnn2c(N(CC3C[C@H]4CC[C@@H](C3)N4C(=O)OC(C)(C)C)C(=O)OC(C)(C)C)cc(Cl)nc12. The lowest BCUT2D eigenvalue weighted by atomic mass is 9.90. The van der Waals surface area contributed by atoms with E-state index in [0.717, 1.165) is 31.2 Å². The molecule has 3 atom stereocenters. The van der Waals surface area contributed by atoms with E-state index in [1.54, 1.807) is 21.7 Å². The number of hydrogen-bond acceptors (Lipinski definition) is 6. The summed E-state index contributed by atoms with van der Waals surface area (Å²) in [5.74, 6) is 0.892. The van der Waals surface area contributed by atoms with Crippen LogP contribution in [0.5, 0.6) is 0 Å². The molecule has 37 heavy (non-hydrogen) atoms. The number of fused-ring (bicyclic) bond motifs is 3. The zero-order valence-electron chi connectivity index (χ0n) is 23.2. The van der Waals surface area contributed by atoms with Gasteiger partial charge in [0.2, 0.25) is 0 Å². The van der Waals surface area contributed by atoms with Crippen molar-refractivity contribution in [1.82, 2.24) is 19.5 Å². The number of anilines is 1. The lowest BCUT2D eigenvalue weighted by molar-refractivity contribution is 0.00208. The van der Waals surface area contributed by atoms with Gasteiger partial charge < -0.3 is 14.4 Å².